The first kappa shape index (κ1) is 47.0. The quantitative estimate of drug-likeness (QED) is 0.137. The third-order valence-corrected chi connectivity index (χ3v) is 13.3. The van der Waals surface area contributed by atoms with Crippen molar-refractivity contribution < 1.29 is 9.47 Å². The molecule has 5 heterocycles. The van der Waals surface area contributed by atoms with Gasteiger partial charge in [-0.3, -0.25) is 14.4 Å². The van der Waals surface area contributed by atoms with Crippen molar-refractivity contribution in [2.45, 2.75) is 39.5 Å². The van der Waals surface area contributed by atoms with E-state index >= 15 is 0 Å². The maximum atomic E-state index is 12.8. The van der Waals surface area contributed by atoms with Crippen molar-refractivity contribution in [1.82, 2.24) is 15.0 Å². The average Bonchev–Trinajstić information content (AvgIpc) is 4.14. The fourth-order valence-electron chi connectivity index (χ4n) is 9.27. The first-order valence-electron chi connectivity index (χ1n) is 24.0. The van der Waals surface area contributed by atoms with Crippen LogP contribution in [0.25, 0.3) is 66.5 Å². The molecule has 0 aliphatic carbocycles. The summed E-state index contributed by atoms with van der Waals surface area (Å²) in [5.41, 5.74) is 13.7. The number of H-pyrrole nitrogens is 3. The maximum absolute atomic E-state index is 12.8. The Labute approximate surface area is 408 Å². The second kappa shape index (κ2) is 20.7. The molecule has 70 heavy (non-hydrogen) atoms. The molecule has 0 atom stereocenters. The molecule has 3 aromatic heterocycles. The minimum absolute atomic E-state index is 0.000306. The van der Waals surface area contributed by atoms with E-state index in [1.165, 1.54) is 36.8 Å². The molecular formula is C59H60N6O5. The number of nitrogens with one attached hydrogen (secondary N) is 3. The highest BCUT2D eigenvalue weighted by Crippen LogP contribution is 2.33. The highest BCUT2D eigenvalue weighted by molar-refractivity contribution is 5.87. The lowest BCUT2D eigenvalue weighted by molar-refractivity contribution is 0.404. The van der Waals surface area contributed by atoms with Crippen molar-refractivity contribution in [2.24, 2.45) is 0 Å². The van der Waals surface area contributed by atoms with Crippen LogP contribution in [0.15, 0.2) is 154 Å². The van der Waals surface area contributed by atoms with E-state index in [1.54, 1.807) is 32.4 Å². The lowest BCUT2D eigenvalue weighted by atomic mass is 10.1. The highest BCUT2D eigenvalue weighted by atomic mass is 16.5. The summed E-state index contributed by atoms with van der Waals surface area (Å²) in [5, 5.41) is 2.20. The van der Waals surface area contributed by atoms with E-state index in [0.29, 0.717) is 22.6 Å². The van der Waals surface area contributed by atoms with E-state index in [2.05, 4.69) is 62.9 Å². The molecule has 11 heteroatoms. The van der Waals surface area contributed by atoms with Crippen LogP contribution in [0, 0.1) is 13.8 Å². The molecule has 9 aromatic rings. The predicted molar refractivity (Wildman–Crippen MR) is 290 cm³/mol. The summed E-state index contributed by atoms with van der Waals surface area (Å²) in [6.07, 6.45) is 4.90. The van der Waals surface area contributed by atoms with Gasteiger partial charge in [0.05, 0.1) is 19.9 Å². The van der Waals surface area contributed by atoms with E-state index in [9.17, 15) is 14.4 Å². The topological polar surface area (TPSA) is 127 Å². The molecule has 6 aromatic carbocycles. The summed E-state index contributed by atoms with van der Waals surface area (Å²) in [5.74, 6) is 1.40. The summed E-state index contributed by atoms with van der Waals surface area (Å²) in [4.78, 5) is 54.5. The van der Waals surface area contributed by atoms with Crippen LogP contribution in [-0.2, 0) is 0 Å². The summed E-state index contributed by atoms with van der Waals surface area (Å²) >= 11 is 0. The second-order valence-corrected chi connectivity index (χ2v) is 18.4. The van der Waals surface area contributed by atoms with E-state index < -0.39 is 0 Å². The van der Waals surface area contributed by atoms with Gasteiger partial charge in [0.1, 0.15) is 11.5 Å². The molecule has 2 aliphatic heterocycles. The number of ether oxygens (including phenoxy) is 2. The predicted octanol–water partition coefficient (Wildman–Crippen LogP) is 11.5. The Bertz CT molecular complexity index is 3490. The summed E-state index contributed by atoms with van der Waals surface area (Å²) in [7, 11) is 7.17. The standard InChI is InChI=1S/C21H22N2O3.C20H20N2O.C18H18N2O/c1-25-15-6-8-21(26-2)17(12-15)19-13-20(24)16-11-14(5-7-18(16)22-19)23-9-3-4-10-23;1-14-4-6-15(7-5-14)19-13-20(23)17-12-16(8-9-18(17)21-19)22-10-2-3-11-22;1-12-4-6-13(7-5-12)17-11-18(21)15-10-14(20(2)3)8-9-16(15)19-17/h5-8,11-13H,3-4,9-10H2,1-2H3,(H,22,24);4-9,12-13H,2-3,10-11H2,1H3,(H,21,23);4-11H,1-3H3,(H,19,21). The number of aromatic nitrogens is 3. The number of benzene rings is 6. The van der Waals surface area contributed by atoms with Gasteiger partial charge in [-0.1, -0.05) is 59.7 Å². The number of methoxy groups -OCH3 is 2. The van der Waals surface area contributed by atoms with Crippen LogP contribution in [0.1, 0.15) is 36.8 Å². The maximum Gasteiger partial charge on any atom is 0.190 e. The monoisotopic (exact) mass is 932 g/mol. The van der Waals surface area contributed by atoms with Crippen LogP contribution in [0.3, 0.4) is 0 Å². The number of pyridine rings is 3. The van der Waals surface area contributed by atoms with Gasteiger partial charge in [0, 0.05) is 125 Å². The number of hydrogen-bond donors (Lipinski definition) is 3. The molecule has 0 bridgehead atoms. The largest absolute Gasteiger partial charge is 0.497 e. The normalized spacial score (nSPS) is 13.2. The van der Waals surface area contributed by atoms with Crippen LogP contribution in [0.5, 0.6) is 11.5 Å². The van der Waals surface area contributed by atoms with E-state index in [-0.39, 0.29) is 16.3 Å². The zero-order valence-electron chi connectivity index (χ0n) is 40.8. The molecule has 0 saturated carbocycles. The highest BCUT2D eigenvalue weighted by Gasteiger charge is 2.17. The van der Waals surface area contributed by atoms with Crippen LogP contribution < -0.4 is 40.5 Å². The molecular weight excluding hydrogens is 873 g/mol. The Hall–Kier alpha value is -8.05. The minimum Gasteiger partial charge on any atom is -0.497 e. The molecule has 2 aliphatic rings. The molecule has 0 amide bonds. The Morgan fingerprint density at radius 3 is 1.33 bits per heavy atom. The van der Waals surface area contributed by atoms with Gasteiger partial charge in [-0.15, -0.1) is 0 Å². The number of nitrogens with zero attached hydrogens (tertiary/aromatic N) is 3. The van der Waals surface area contributed by atoms with Gasteiger partial charge in [0.2, 0.25) is 0 Å². The third-order valence-electron chi connectivity index (χ3n) is 13.3. The van der Waals surface area contributed by atoms with E-state index in [4.69, 9.17) is 9.47 Å². The molecule has 0 radical (unpaired) electrons. The first-order chi connectivity index (χ1) is 33.9. The van der Waals surface area contributed by atoms with Gasteiger partial charge >= 0.3 is 0 Å². The second-order valence-electron chi connectivity index (χ2n) is 18.4. The molecule has 2 fully saturated rings. The molecule has 11 nitrogen and oxygen atoms in total. The Kier molecular flexibility index (Phi) is 13.9. The average molecular weight is 933 g/mol. The molecule has 2 saturated heterocycles. The summed E-state index contributed by atoms with van der Waals surface area (Å²) < 4.78 is 10.8. The number of hydrogen-bond acceptors (Lipinski definition) is 8. The van der Waals surface area contributed by atoms with Gasteiger partial charge in [0.15, 0.2) is 16.3 Å². The molecule has 11 rings (SSSR count). The van der Waals surface area contributed by atoms with Crippen molar-refractivity contribution in [3.8, 4) is 45.3 Å². The van der Waals surface area contributed by atoms with Crippen LogP contribution in [0.4, 0.5) is 17.1 Å². The van der Waals surface area contributed by atoms with Crippen molar-refractivity contribution >= 4 is 49.8 Å². The number of aryl methyl sites for hydroxylation is 2. The van der Waals surface area contributed by atoms with Gasteiger partial charge in [-0.05, 0) is 123 Å². The third kappa shape index (κ3) is 10.3. The molecule has 3 N–H and O–H groups in total. The number of fused-ring (bicyclic) bond motifs is 3. The van der Waals surface area contributed by atoms with Crippen LogP contribution in [-0.4, -0.2) is 69.4 Å². The molecule has 356 valence electrons. The summed E-state index contributed by atoms with van der Waals surface area (Å²) in [6, 6.07) is 45.1. The van der Waals surface area contributed by atoms with Crippen molar-refractivity contribution in [1.29, 1.82) is 0 Å². The van der Waals surface area contributed by atoms with Crippen molar-refractivity contribution in [2.75, 3.05) is 69.2 Å². The van der Waals surface area contributed by atoms with E-state index in [0.717, 1.165) is 98.6 Å². The van der Waals surface area contributed by atoms with Crippen LogP contribution >= 0.6 is 0 Å². The summed E-state index contributed by atoms with van der Waals surface area (Å²) in [6.45, 7) is 8.41. The lowest BCUT2D eigenvalue weighted by Gasteiger charge is -2.18. The Morgan fingerprint density at radius 2 is 0.886 bits per heavy atom. The molecule has 0 unspecified atom stereocenters. The van der Waals surface area contributed by atoms with Crippen molar-refractivity contribution in [3.05, 3.63) is 181 Å². The lowest BCUT2D eigenvalue weighted by Crippen LogP contribution is -2.17. The first-order valence-corrected chi connectivity index (χ1v) is 24.0. The fraction of sp³-hybridized carbons (Fsp3) is 0.237. The van der Waals surface area contributed by atoms with E-state index in [1.807, 2.05) is 116 Å². The number of aromatic amines is 3. The van der Waals surface area contributed by atoms with Crippen LogP contribution in [0.2, 0.25) is 0 Å². The zero-order chi connectivity index (χ0) is 48.9. The zero-order valence-corrected chi connectivity index (χ0v) is 40.8. The van der Waals surface area contributed by atoms with Gasteiger partial charge in [0.25, 0.3) is 0 Å². The van der Waals surface area contributed by atoms with Crippen molar-refractivity contribution in [3.63, 3.8) is 0 Å². The molecule has 0 spiro atoms. The Morgan fingerprint density at radius 1 is 0.457 bits per heavy atom. The van der Waals surface area contributed by atoms with Gasteiger partial charge in [-0.2, -0.15) is 0 Å². The Balaban J connectivity index is 0.000000131. The fourth-order valence-corrected chi connectivity index (χ4v) is 9.27. The van der Waals surface area contributed by atoms with Gasteiger partial charge in [-0.25, -0.2) is 0 Å². The smallest absolute Gasteiger partial charge is 0.190 e. The number of rotatable bonds is 8. The number of anilines is 3. The van der Waals surface area contributed by atoms with Gasteiger partial charge < -0.3 is 39.1 Å². The SMILES string of the molecule is COc1ccc(OC)c(-c2cc(=O)c3cc(N4CCCC4)ccc3[nH]2)c1.Cc1ccc(-c2cc(=O)c3cc(N(C)C)ccc3[nH]2)cc1.Cc1ccc(-c2cc(=O)c3cc(N4CCCC4)ccc3[nH]2)cc1. The minimum atomic E-state index is -0.000306.